The highest BCUT2D eigenvalue weighted by molar-refractivity contribution is 6.31. The zero-order chi connectivity index (χ0) is 24.0. The van der Waals surface area contributed by atoms with E-state index in [0.717, 1.165) is 5.82 Å². The molecule has 34 heavy (non-hydrogen) atoms. The molecule has 2 aliphatic heterocycles. The molecular weight excluding hydrogens is 454 g/mol. The molecule has 0 bridgehead atoms. The molecule has 2 saturated heterocycles. The molecule has 2 aromatic rings. The Bertz CT molecular complexity index is 1160. The maximum atomic E-state index is 13.5. The molecule has 5 rings (SSSR count). The van der Waals surface area contributed by atoms with Crippen LogP contribution in [-0.2, 0) is 4.79 Å². The van der Waals surface area contributed by atoms with Crippen molar-refractivity contribution in [2.45, 2.75) is 32.6 Å². The van der Waals surface area contributed by atoms with E-state index in [-0.39, 0.29) is 11.8 Å². The van der Waals surface area contributed by atoms with Crippen molar-refractivity contribution in [1.82, 2.24) is 14.8 Å². The number of hydrogen-bond donors (Lipinski definition) is 0. The number of benzene rings is 1. The minimum Gasteiger partial charge on any atom is -0.353 e. The lowest BCUT2D eigenvalue weighted by Gasteiger charge is -2.36. The Morgan fingerprint density at radius 2 is 1.76 bits per heavy atom. The zero-order valence-corrected chi connectivity index (χ0v) is 20.2. The largest absolute Gasteiger partial charge is 0.353 e. The highest BCUT2D eigenvalue weighted by Crippen LogP contribution is 2.40. The van der Waals surface area contributed by atoms with Gasteiger partial charge in [-0.05, 0) is 55.0 Å². The van der Waals surface area contributed by atoms with E-state index >= 15 is 0 Å². The molecule has 0 radical (unpaired) electrons. The summed E-state index contributed by atoms with van der Waals surface area (Å²) in [7, 11) is 0. The maximum Gasteiger partial charge on any atom is 0.331 e. The Balaban J connectivity index is 1.31. The number of pyridine rings is 1. The predicted molar refractivity (Wildman–Crippen MR) is 131 cm³/mol. The summed E-state index contributed by atoms with van der Waals surface area (Å²) in [6, 6.07) is 6.77. The van der Waals surface area contributed by atoms with Crippen LogP contribution >= 0.6 is 11.6 Å². The first-order valence-corrected chi connectivity index (χ1v) is 12.1. The van der Waals surface area contributed by atoms with Crippen molar-refractivity contribution in [3.05, 3.63) is 52.2 Å². The van der Waals surface area contributed by atoms with Gasteiger partial charge in [0.25, 0.3) is 5.91 Å². The molecular formula is C25H28ClN5O3. The van der Waals surface area contributed by atoms with Crippen LogP contribution in [0.5, 0.6) is 0 Å². The second kappa shape index (κ2) is 8.91. The van der Waals surface area contributed by atoms with Crippen molar-refractivity contribution in [3.63, 3.8) is 0 Å². The lowest BCUT2D eigenvalue weighted by Crippen LogP contribution is -2.49. The molecule has 1 aromatic heterocycles. The average molecular weight is 482 g/mol. The van der Waals surface area contributed by atoms with Crippen LogP contribution in [0.2, 0.25) is 5.02 Å². The normalized spacial score (nSPS) is 18.6. The number of rotatable bonds is 4. The topological polar surface area (TPSA) is 77.1 Å². The van der Waals surface area contributed by atoms with Crippen LogP contribution in [0.25, 0.3) is 0 Å². The maximum absolute atomic E-state index is 13.5. The third-order valence-corrected chi connectivity index (χ3v) is 7.09. The number of amides is 4. The number of imide groups is 1. The molecule has 0 spiro atoms. The van der Waals surface area contributed by atoms with Crippen LogP contribution < -0.4 is 9.80 Å². The zero-order valence-electron chi connectivity index (χ0n) is 19.5. The molecule has 0 N–H and O–H groups in total. The van der Waals surface area contributed by atoms with Gasteiger partial charge in [-0.1, -0.05) is 17.7 Å². The van der Waals surface area contributed by atoms with Gasteiger partial charge >= 0.3 is 6.03 Å². The number of halogens is 1. The fraction of sp³-hybridized carbons (Fsp3) is 0.440. The quantitative estimate of drug-likeness (QED) is 0.666. The summed E-state index contributed by atoms with van der Waals surface area (Å²) < 4.78 is 0. The summed E-state index contributed by atoms with van der Waals surface area (Å²) in [6.07, 6.45) is 4.50. The number of carbonyl (C=O) groups excluding carboxylic acids is 3. The van der Waals surface area contributed by atoms with Gasteiger partial charge in [-0.2, -0.15) is 0 Å². The summed E-state index contributed by atoms with van der Waals surface area (Å²) >= 11 is 6.21. The van der Waals surface area contributed by atoms with Gasteiger partial charge in [0.1, 0.15) is 5.82 Å². The summed E-state index contributed by atoms with van der Waals surface area (Å²) in [5, 5.41) is 0.432. The molecule has 3 heterocycles. The van der Waals surface area contributed by atoms with Crippen LogP contribution in [0.3, 0.4) is 0 Å². The number of carbonyl (C=O) groups is 3. The number of aromatic nitrogens is 1. The number of aryl methyl sites for hydroxylation is 1. The van der Waals surface area contributed by atoms with Crippen LogP contribution in [0.1, 0.15) is 47.2 Å². The number of hydrogen-bond acceptors (Lipinski definition) is 5. The van der Waals surface area contributed by atoms with Gasteiger partial charge in [-0.25, -0.2) is 9.78 Å². The lowest BCUT2D eigenvalue weighted by molar-refractivity contribution is -0.125. The van der Waals surface area contributed by atoms with Gasteiger partial charge in [-0.15, -0.1) is 0 Å². The lowest BCUT2D eigenvalue weighted by atomic mass is 10.1. The molecule has 9 heteroatoms. The van der Waals surface area contributed by atoms with Crippen molar-refractivity contribution in [2.24, 2.45) is 0 Å². The average Bonchev–Trinajstić information content (AvgIpc) is 3.60. The first-order chi connectivity index (χ1) is 16.3. The molecule has 3 aliphatic rings. The van der Waals surface area contributed by atoms with Gasteiger partial charge in [0, 0.05) is 57.4 Å². The SMILES string of the molecule is CC(=O)N1CCN(c2cc(Cl)ccc2C(=O)N2CCN(c3ncc(C4CC4)cc3C)CC2)C1=O. The summed E-state index contributed by atoms with van der Waals surface area (Å²) in [5.41, 5.74) is 3.36. The van der Waals surface area contributed by atoms with E-state index in [1.807, 2.05) is 6.20 Å². The van der Waals surface area contributed by atoms with Crippen molar-refractivity contribution in [1.29, 1.82) is 0 Å². The monoisotopic (exact) mass is 481 g/mol. The minimum atomic E-state index is -0.426. The molecule has 4 amide bonds. The fourth-order valence-corrected chi connectivity index (χ4v) is 4.98. The van der Waals surface area contributed by atoms with Gasteiger partial charge in [-0.3, -0.25) is 19.4 Å². The van der Waals surface area contributed by atoms with Crippen molar-refractivity contribution < 1.29 is 14.4 Å². The smallest absolute Gasteiger partial charge is 0.331 e. The number of nitrogens with zero attached hydrogens (tertiary/aromatic N) is 5. The van der Waals surface area contributed by atoms with Crippen molar-refractivity contribution in [3.8, 4) is 0 Å². The molecule has 1 aromatic carbocycles. The van der Waals surface area contributed by atoms with Crippen molar-refractivity contribution in [2.75, 3.05) is 49.1 Å². The molecule has 0 unspecified atom stereocenters. The number of anilines is 2. The van der Waals surface area contributed by atoms with Crippen LogP contribution in [-0.4, -0.2) is 71.9 Å². The Hall–Kier alpha value is -3.13. The second-order valence-electron chi connectivity index (χ2n) is 9.23. The Labute approximate surface area is 204 Å². The second-order valence-corrected chi connectivity index (χ2v) is 9.67. The fourth-order valence-electron chi connectivity index (χ4n) is 4.81. The van der Waals surface area contributed by atoms with E-state index in [1.165, 1.54) is 40.7 Å². The van der Waals surface area contributed by atoms with Crippen LogP contribution in [0, 0.1) is 6.92 Å². The third kappa shape index (κ3) is 4.22. The minimum absolute atomic E-state index is 0.144. The number of piperazine rings is 1. The van der Waals surface area contributed by atoms with Gasteiger partial charge in [0.2, 0.25) is 5.91 Å². The summed E-state index contributed by atoms with van der Waals surface area (Å²) in [5.74, 6) is 1.20. The van der Waals surface area contributed by atoms with E-state index in [4.69, 9.17) is 16.6 Å². The van der Waals surface area contributed by atoms with E-state index in [0.29, 0.717) is 61.5 Å². The van der Waals surface area contributed by atoms with E-state index in [2.05, 4.69) is 17.9 Å². The highest BCUT2D eigenvalue weighted by Gasteiger charge is 2.35. The standard InChI is InChI=1S/C25H28ClN5O3/c1-16-13-19(18-3-4-18)15-27-23(16)28-7-9-29(10-8-28)24(33)21-6-5-20(26)14-22(21)31-12-11-30(17(2)32)25(31)34/h5-6,13-15,18H,3-4,7-12H2,1-2H3. The molecule has 178 valence electrons. The van der Waals surface area contributed by atoms with Crippen LogP contribution in [0.15, 0.2) is 30.5 Å². The molecule has 1 saturated carbocycles. The highest BCUT2D eigenvalue weighted by atomic mass is 35.5. The van der Waals surface area contributed by atoms with E-state index in [9.17, 15) is 14.4 Å². The molecule has 3 fully saturated rings. The van der Waals surface area contributed by atoms with E-state index in [1.54, 1.807) is 23.1 Å². The number of urea groups is 1. The van der Waals surface area contributed by atoms with E-state index < -0.39 is 6.03 Å². The first kappa shape index (κ1) is 22.7. The first-order valence-electron chi connectivity index (χ1n) is 11.7. The predicted octanol–water partition coefficient (Wildman–Crippen LogP) is 3.67. The Kier molecular flexibility index (Phi) is 5.93. The van der Waals surface area contributed by atoms with Gasteiger partial charge in [0.05, 0.1) is 11.3 Å². The Morgan fingerprint density at radius 3 is 2.38 bits per heavy atom. The summed E-state index contributed by atoms with van der Waals surface area (Å²) in [4.78, 5) is 49.4. The molecule has 0 atom stereocenters. The van der Waals surface area contributed by atoms with Gasteiger partial charge in [0.15, 0.2) is 0 Å². The Morgan fingerprint density at radius 1 is 1.03 bits per heavy atom. The third-order valence-electron chi connectivity index (χ3n) is 6.86. The van der Waals surface area contributed by atoms with Crippen molar-refractivity contribution >= 4 is 41.0 Å². The van der Waals surface area contributed by atoms with Gasteiger partial charge < -0.3 is 9.80 Å². The van der Waals surface area contributed by atoms with Crippen LogP contribution in [0.4, 0.5) is 16.3 Å². The molecule has 1 aliphatic carbocycles. The summed E-state index contributed by atoms with van der Waals surface area (Å²) in [6.45, 7) is 6.56. The molecule has 8 nitrogen and oxygen atoms in total.